The number of hydrogen-bond donors (Lipinski definition) is 0. The highest BCUT2D eigenvalue weighted by molar-refractivity contribution is 5.92. The van der Waals surface area contributed by atoms with Gasteiger partial charge >= 0.3 is 0 Å². The zero-order valence-electron chi connectivity index (χ0n) is 18.6. The third-order valence-electron chi connectivity index (χ3n) is 5.41. The van der Waals surface area contributed by atoms with E-state index in [1.54, 1.807) is 34.5 Å². The number of carbonyl (C=O) groups excluding carboxylic acids is 1. The minimum atomic E-state index is 0.00857. The first-order chi connectivity index (χ1) is 15.1. The quantitative estimate of drug-likeness (QED) is 0.605. The third kappa shape index (κ3) is 5.30. The molecule has 31 heavy (non-hydrogen) atoms. The SMILES string of the molecule is COc1ccccc1/C=C/C(=O)N1CCN(Cc2ccc(OC)c(OC)c2OC)CC1. The molecule has 0 aromatic heterocycles. The lowest BCUT2D eigenvalue weighted by atomic mass is 10.1. The molecule has 3 rings (SSSR count). The van der Waals surface area contributed by atoms with Crippen LogP contribution in [0.5, 0.6) is 23.0 Å². The molecule has 2 aromatic carbocycles. The van der Waals surface area contributed by atoms with Crippen molar-refractivity contribution in [1.29, 1.82) is 0 Å². The van der Waals surface area contributed by atoms with Gasteiger partial charge in [-0.15, -0.1) is 0 Å². The minimum Gasteiger partial charge on any atom is -0.496 e. The second-order valence-corrected chi connectivity index (χ2v) is 7.17. The van der Waals surface area contributed by atoms with Gasteiger partial charge in [-0.1, -0.05) is 24.3 Å². The summed E-state index contributed by atoms with van der Waals surface area (Å²) >= 11 is 0. The van der Waals surface area contributed by atoms with E-state index in [2.05, 4.69) is 4.90 Å². The van der Waals surface area contributed by atoms with Gasteiger partial charge in [0.15, 0.2) is 11.5 Å². The number of nitrogens with zero attached hydrogens (tertiary/aromatic N) is 2. The fourth-order valence-corrected chi connectivity index (χ4v) is 3.73. The van der Waals surface area contributed by atoms with Gasteiger partial charge in [-0.05, 0) is 18.2 Å². The van der Waals surface area contributed by atoms with Crippen molar-refractivity contribution < 1.29 is 23.7 Å². The normalized spacial score (nSPS) is 14.5. The predicted molar refractivity (Wildman–Crippen MR) is 120 cm³/mol. The molecule has 0 radical (unpaired) electrons. The average molecular weight is 427 g/mol. The second kappa shape index (κ2) is 10.7. The molecule has 0 N–H and O–H groups in total. The molecule has 0 aliphatic carbocycles. The van der Waals surface area contributed by atoms with Crippen LogP contribution in [0.4, 0.5) is 0 Å². The Morgan fingerprint density at radius 3 is 2.16 bits per heavy atom. The molecular weight excluding hydrogens is 396 g/mol. The molecule has 1 fully saturated rings. The predicted octanol–water partition coefficient (Wildman–Crippen LogP) is 3.08. The third-order valence-corrected chi connectivity index (χ3v) is 5.41. The monoisotopic (exact) mass is 426 g/mol. The number of carbonyl (C=O) groups is 1. The summed E-state index contributed by atoms with van der Waals surface area (Å²) in [6.07, 6.45) is 3.42. The van der Waals surface area contributed by atoms with Crippen LogP contribution in [0, 0.1) is 0 Å². The highest BCUT2D eigenvalue weighted by Gasteiger charge is 2.22. The van der Waals surface area contributed by atoms with E-state index in [1.807, 2.05) is 47.4 Å². The van der Waals surface area contributed by atoms with Crippen LogP contribution in [0.1, 0.15) is 11.1 Å². The van der Waals surface area contributed by atoms with Crippen molar-refractivity contribution in [2.45, 2.75) is 6.54 Å². The van der Waals surface area contributed by atoms with E-state index in [0.29, 0.717) is 36.9 Å². The maximum Gasteiger partial charge on any atom is 0.246 e. The number of piperazine rings is 1. The minimum absolute atomic E-state index is 0.00857. The number of amides is 1. The molecule has 2 aromatic rings. The molecule has 0 spiro atoms. The summed E-state index contributed by atoms with van der Waals surface area (Å²) in [6, 6.07) is 11.5. The van der Waals surface area contributed by atoms with Crippen LogP contribution in [-0.4, -0.2) is 70.3 Å². The molecule has 1 saturated heterocycles. The zero-order chi connectivity index (χ0) is 22.2. The molecule has 7 heteroatoms. The zero-order valence-corrected chi connectivity index (χ0v) is 18.6. The standard InChI is InChI=1S/C24H30N2O5/c1-28-20-8-6-5-7-18(20)10-12-22(27)26-15-13-25(14-16-26)17-19-9-11-21(29-2)24(31-4)23(19)30-3/h5-12H,13-17H2,1-4H3/b12-10+. The molecule has 0 atom stereocenters. The van der Waals surface area contributed by atoms with Crippen molar-refractivity contribution in [3.8, 4) is 23.0 Å². The van der Waals surface area contributed by atoms with E-state index in [4.69, 9.17) is 18.9 Å². The lowest BCUT2D eigenvalue weighted by Gasteiger charge is -2.34. The van der Waals surface area contributed by atoms with Crippen LogP contribution in [0.2, 0.25) is 0 Å². The van der Waals surface area contributed by atoms with E-state index in [9.17, 15) is 4.79 Å². The Hall–Kier alpha value is -3.19. The lowest BCUT2D eigenvalue weighted by Crippen LogP contribution is -2.47. The number of ether oxygens (including phenoxy) is 4. The van der Waals surface area contributed by atoms with Crippen LogP contribution in [0.15, 0.2) is 42.5 Å². The van der Waals surface area contributed by atoms with Crippen LogP contribution in [0.25, 0.3) is 6.08 Å². The van der Waals surface area contributed by atoms with Gasteiger partial charge in [0.05, 0.1) is 28.4 Å². The smallest absolute Gasteiger partial charge is 0.246 e. The molecule has 1 aliphatic heterocycles. The number of rotatable bonds is 8. The van der Waals surface area contributed by atoms with E-state index in [0.717, 1.165) is 30.0 Å². The van der Waals surface area contributed by atoms with Crippen LogP contribution in [0.3, 0.4) is 0 Å². The van der Waals surface area contributed by atoms with Gasteiger partial charge in [0.25, 0.3) is 0 Å². The van der Waals surface area contributed by atoms with Gasteiger partial charge in [0.1, 0.15) is 5.75 Å². The van der Waals surface area contributed by atoms with E-state index in [-0.39, 0.29) is 5.91 Å². The molecule has 1 heterocycles. The number of benzene rings is 2. The first kappa shape index (κ1) is 22.5. The summed E-state index contributed by atoms with van der Waals surface area (Å²) in [5.41, 5.74) is 1.91. The Bertz CT molecular complexity index is 920. The summed E-state index contributed by atoms with van der Waals surface area (Å²) in [5, 5.41) is 0. The van der Waals surface area contributed by atoms with Crippen molar-refractivity contribution in [2.24, 2.45) is 0 Å². The summed E-state index contributed by atoms with van der Waals surface area (Å²) < 4.78 is 21.8. The Kier molecular flexibility index (Phi) is 7.78. The summed E-state index contributed by atoms with van der Waals surface area (Å²) in [4.78, 5) is 16.8. The molecule has 166 valence electrons. The molecule has 0 unspecified atom stereocenters. The van der Waals surface area contributed by atoms with Crippen LogP contribution < -0.4 is 18.9 Å². The Morgan fingerprint density at radius 1 is 0.839 bits per heavy atom. The second-order valence-electron chi connectivity index (χ2n) is 7.17. The number of hydrogen-bond acceptors (Lipinski definition) is 6. The Balaban J connectivity index is 1.60. The van der Waals surface area contributed by atoms with E-state index < -0.39 is 0 Å². The van der Waals surface area contributed by atoms with Gasteiger partial charge < -0.3 is 23.8 Å². The molecule has 0 bridgehead atoms. The van der Waals surface area contributed by atoms with Gasteiger partial charge in [0.2, 0.25) is 11.7 Å². The van der Waals surface area contributed by atoms with E-state index in [1.165, 1.54) is 0 Å². The van der Waals surface area contributed by atoms with Crippen molar-refractivity contribution in [2.75, 3.05) is 54.6 Å². The van der Waals surface area contributed by atoms with E-state index >= 15 is 0 Å². The van der Waals surface area contributed by atoms with Gasteiger partial charge in [-0.3, -0.25) is 9.69 Å². The van der Waals surface area contributed by atoms with Crippen molar-refractivity contribution in [1.82, 2.24) is 9.80 Å². The number of para-hydroxylation sites is 1. The first-order valence-electron chi connectivity index (χ1n) is 10.2. The molecular formula is C24H30N2O5. The maximum atomic E-state index is 12.6. The van der Waals surface area contributed by atoms with Crippen molar-refractivity contribution >= 4 is 12.0 Å². The molecule has 1 aliphatic rings. The van der Waals surface area contributed by atoms with Gasteiger partial charge in [-0.25, -0.2) is 0 Å². The highest BCUT2D eigenvalue weighted by Crippen LogP contribution is 2.40. The van der Waals surface area contributed by atoms with Crippen molar-refractivity contribution in [3.63, 3.8) is 0 Å². The fraction of sp³-hybridized carbons (Fsp3) is 0.375. The summed E-state index contributed by atoms with van der Waals surface area (Å²) in [5.74, 6) is 2.67. The van der Waals surface area contributed by atoms with Crippen LogP contribution >= 0.6 is 0 Å². The lowest BCUT2D eigenvalue weighted by molar-refractivity contribution is -0.127. The summed E-state index contributed by atoms with van der Waals surface area (Å²) in [7, 11) is 6.47. The van der Waals surface area contributed by atoms with Gasteiger partial charge in [-0.2, -0.15) is 0 Å². The largest absolute Gasteiger partial charge is 0.496 e. The fourth-order valence-electron chi connectivity index (χ4n) is 3.73. The van der Waals surface area contributed by atoms with Crippen LogP contribution in [-0.2, 0) is 11.3 Å². The molecule has 0 saturated carbocycles. The topological polar surface area (TPSA) is 60.5 Å². The number of methoxy groups -OCH3 is 4. The highest BCUT2D eigenvalue weighted by atomic mass is 16.5. The molecule has 1 amide bonds. The van der Waals surface area contributed by atoms with Gasteiger partial charge in [0, 0.05) is 49.9 Å². The van der Waals surface area contributed by atoms with Crippen molar-refractivity contribution in [3.05, 3.63) is 53.6 Å². The molecule has 7 nitrogen and oxygen atoms in total. The Labute approximate surface area is 183 Å². The Morgan fingerprint density at radius 2 is 1.52 bits per heavy atom. The maximum absolute atomic E-state index is 12.6. The first-order valence-corrected chi connectivity index (χ1v) is 10.2. The summed E-state index contributed by atoms with van der Waals surface area (Å²) in [6.45, 7) is 3.62. The average Bonchev–Trinajstić information content (AvgIpc) is 2.82.